The highest BCUT2D eigenvalue weighted by molar-refractivity contribution is 7.89. The third-order valence-electron chi connectivity index (χ3n) is 3.04. The molecule has 0 unspecified atom stereocenters. The molecule has 1 aliphatic rings. The van der Waals surface area contributed by atoms with Crippen molar-refractivity contribution < 1.29 is 22.7 Å². The van der Waals surface area contributed by atoms with Gasteiger partial charge in [0.05, 0.1) is 20.3 Å². The molecule has 1 aromatic rings. The quantitative estimate of drug-likeness (QED) is 0.831. The van der Waals surface area contributed by atoms with E-state index in [2.05, 4.69) is 0 Å². The first-order chi connectivity index (χ1) is 9.46. The Labute approximate surface area is 117 Å². The third kappa shape index (κ3) is 2.77. The van der Waals surface area contributed by atoms with Gasteiger partial charge in [-0.3, -0.25) is 4.79 Å². The molecule has 2 N–H and O–H groups in total. The van der Waals surface area contributed by atoms with Gasteiger partial charge in [0.25, 0.3) is 0 Å². The normalized spacial score (nSPS) is 16.9. The van der Waals surface area contributed by atoms with Crippen LogP contribution in [0.3, 0.4) is 0 Å². The predicted molar refractivity (Wildman–Crippen MR) is 71.1 cm³/mol. The Bertz CT molecular complexity index is 608. The Hall–Kier alpha value is -1.64. The summed E-state index contributed by atoms with van der Waals surface area (Å²) in [5.41, 5.74) is 5.31. The number of hydrogen-bond donors (Lipinski definition) is 1. The van der Waals surface area contributed by atoms with Crippen molar-refractivity contribution in [3.63, 3.8) is 0 Å². The van der Waals surface area contributed by atoms with Gasteiger partial charge in [0.15, 0.2) is 0 Å². The molecule has 1 saturated heterocycles. The SMILES string of the molecule is COc1ccc(C(N)=O)cc1S(=O)(=O)N1CCOCC1. The van der Waals surface area contributed by atoms with Gasteiger partial charge in [-0.1, -0.05) is 0 Å². The van der Waals surface area contributed by atoms with E-state index >= 15 is 0 Å². The average molecular weight is 300 g/mol. The number of amides is 1. The van der Waals surface area contributed by atoms with E-state index in [-0.39, 0.29) is 29.3 Å². The second-order valence-corrected chi connectivity index (χ2v) is 6.15. The Morgan fingerprint density at radius 2 is 2.00 bits per heavy atom. The van der Waals surface area contributed by atoms with Crippen LogP contribution >= 0.6 is 0 Å². The summed E-state index contributed by atoms with van der Waals surface area (Å²) in [6.45, 7) is 1.23. The summed E-state index contributed by atoms with van der Waals surface area (Å²) in [7, 11) is -2.37. The fourth-order valence-electron chi connectivity index (χ4n) is 1.96. The van der Waals surface area contributed by atoms with Gasteiger partial charge in [0.1, 0.15) is 10.6 Å². The first-order valence-electron chi connectivity index (χ1n) is 6.02. The minimum atomic E-state index is -3.74. The summed E-state index contributed by atoms with van der Waals surface area (Å²) < 4.78 is 36.7. The topological polar surface area (TPSA) is 98.9 Å². The maximum Gasteiger partial charge on any atom is 0.248 e. The summed E-state index contributed by atoms with van der Waals surface area (Å²) in [5.74, 6) is -0.507. The molecule has 0 radical (unpaired) electrons. The molecule has 0 aliphatic carbocycles. The molecule has 1 aromatic carbocycles. The number of ether oxygens (including phenoxy) is 2. The Morgan fingerprint density at radius 3 is 2.55 bits per heavy atom. The van der Waals surface area contributed by atoms with Crippen molar-refractivity contribution in [3.8, 4) is 5.75 Å². The first kappa shape index (κ1) is 14.8. The van der Waals surface area contributed by atoms with Crippen molar-refractivity contribution in [1.82, 2.24) is 4.31 Å². The van der Waals surface area contributed by atoms with E-state index in [1.54, 1.807) is 0 Å². The molecule has 0 atom stereocenters. The molecule has 1 fully saturated rings. The second-order valence-electron chi connectivity index (χ2n) is 4.25. The first-order valence-corrected chi connectivity index (χ1v) is 7.46. The van der Waals surface area contributed by atoms with Crippen LogP contribution < -0.4 is 10.5 Å². The number of benzene rings is 1. The third-order valence-corrected chi connectivity index (χ3v) is 4.96. The van der Waals surface area contributed by atoms with Crippen molar-refractivity contribution in [2.45, 2.75) is 4.90 Å². The van der Waals surface area contributed by atoms with Gasteiger partial charge < -0.3 is 15.2 Å². The van der Waals surface area contributed by atoms with E-state index in [1.165, 1.54) is 29.6 Å². The molecular weight excluding hydrogens is 284 g/mol. The molecule has 1 aliphatic heterocycles. The van der Waals surface area contributed by atoms with Crippen molar-refractivity contribution in [3.05, 3.63) is 23.8 Å². The molecular formula is C12H16N2O5S. The van der Waals surface area contributed by atoms with Crippen LogP contribution in [-0.4, -0.2) is 52.0 Å². The monoisotopic (exact) mass is 300 g/mol. The lowest BCUT2D eigenvalue weighted by atomic mass is 10.2. The lowest BCUT2D eigenvalue weighted by Crippen LogP contribution is -2.40. The number of rotatable bonds is 4. The van der Waals surface area contributed by atoms with Crippen LogP contribution in [0.15, 0.2) is 23.1 Å². The number of morpholine rings is 1. The minimum absolute atomic E-state index is 0.0572. The molecule has 1 amide bonds. The number of hydrogen-bond acceptors (Lipinski definition) is 5. The van der Waals surface area contributed by atoms with Crippen molar-refractivity contribution in [1.29, 1.82) is 0 Å². The summed E-state index contributed by atoms with van der Waals surface area (Å²) in [6.07, 6.45) is 0. The number of primary amides is 1. The van der Waals surface area contributed by atoms with E-state index < -0.39 is 15.9 Å². The van der Waals surface area contributed by atoms with Crippen molar-refractivity contribution in [2.24, 2.45) is 5.73 Å². The summed E-state index contributed by atoms with van der Waals surface area (Å²) >= 11 is 0. The van der Waals surface area contributed by atoms with Crippen molar-refractivity contribution >= 4 is 15.9 Å². The van der Waals surface area contributed by atoms with E-state index in [4.69, 9.17) is 15.2 Å². The number of sulfonamides is 1. The summed E-state index contributed by atoms with van der Waals surface area (Å²) in [6, 6.07) is 4.10. The number of nitrogens with zero attached hydrogens (tertiary/aromatic N) is 1. The van der Waals surface area contributed by atoms with Crippen LogP contribution in [0.2, 0.25) is 0 Å². The fourth-order valence-corrected chi connectivity index (χ4v) is 3.55. The zero-order chi connectivity index (χ0) is 14.8. The van der Waals surface area contributed by atoms with Crippen LogP contribution in [0.25, 0.3) is 0 Å². The predicted octanol–water partition coefficient (Wildman–Crippen LogP) is -0.185. The maximum atomic E-state index is 12.6. The van der Waals surface area contributed by atoms with E-state index in [0.29, 0.717) is 13.2 Å². The number of methoxy groups -OCH3 is 1. The molecule has 1 heterocycles. The van der Waals surface area contributed by atoms with Crippen LogP contribution in [0.1, 0.15) is 10.4 Å². The molecule has 0 aromatic heterocycles. The van der Waals surface area contributed by atoms with Gasteiger partial charge >= 0.3 is 0 Å². The molecule has 0 saturated carbocycles. The maximum absolute atomic E-state index is 12.6. The number of carbonyl (C=O) groups is 1. The Morgan fingerprint density at radius 1 is 1.35 bits per heavy atom. The minimum Gasteiger partial charge on any atom is -0.495 e. The van der Waals surface area contributed by atoms with Gasteiger partial charge in [-0.2, -0.15) is 4.31 Å². The van der Waals surface area contributed by atoms with E-state index in [0.717, 1.165) is 0 Å². The summed E-state index contributed by atoms with van der Waals surface area (Å²) in [4.78, 5) is 11.2. The molecule has 110 valence electrons. The van der Waals surface area contributed by atoms with Crippen LogP contribution in [-0.2, 0) is 14.8 Å². The van der Waals surface area contributed by atoms with Gasteiger partial charge in [-0.15, -0.1) is 0 Å². The zero-order valence-electron chi connectivity index (χ0n) is 11.0. The van der Waals surface area contributed by atoms with Crippen LogP contribution in [0, 0.1) is 0 Å². The van der Waals surface area contributed by atoms with Crippen LogP contribution in [0.5, 0.6) is 5.75 Å². The average Bonchev–Trinajstić information content (AvgIpc) is 2.47. The summed E-state index contributed by atoms with van der Waals surface area (Å²) in [5, 5.41) is 0. The molecule has 8 heteroatoms. The Balaban J connectivity index is 2.48. The smallest absolute Gasteiger partial charge is 0.248 e. The highest BCUT2D eigenvalue weighted by atomic mass is 32.2. The molecule has 20 heavy (non-hydrogen) atoms. The Kier molecular flexibility index (Phi) is 4.26. The molecule has 2 rings (SSSR count). The van der Waals surface area contributed by atoms with E-state index in [9.17, 15) is 13.2 Å². The van der Waals surface area contributed by atoms with Crippen molar-refractivity contribution in [2.75, 3.05) is 33.4 Å². The van der Waals surface area contributed by atoms with Crippen LogP contribution in [0.4, 0.5) is 0 Å². The highest BCUT2D eigenvalue weighted by Gasteiger charge is 2.29. The van der Waals surface area contributed by atoms with E-state index in [1.807, 2.05) is 0 Å². The molecule has 0 bridgehead atoms. The van der Waals surface area contributed by atoms with Gasteiger partial charge in [-0.05, 0) is 18.2 Å². The highest BCUT2D eigenvalue weighted by Crippen LogP contribution is 2.28. The lowest BCUT2D eigenvalue weighted by Gasteiger charge is -2.26. The lowest BCUT2D eigenvalue weighted by molar-refractivity contribution is 0.0729. The van der Waals surface area contributed by atoms with Gasteiger partial charge in [0.2, 0.25) is 15.9 Å². The molecule has 7 nitrogen and oxygen atoms in total. The number of carbonyl (C=O) groups excluding carboxylic acids is 1. The standard InChI is InChI=1S/C12H16N2O5S/c1-18-10-3-2-9(12(13)15)8-11(10)20(16,17)14-4-6-19-7-5-14/h2-3,8H,4-7H2,1H3,(H2,13,15). The molecule has 0 spiro atoms. The number of nitrogens with two attached hydrogens (primary N) is 1. The van der Waals surface area contributed by atoms with Gasteiger partial charge in [-0.25, -0.2) is 8.42 Å². The zero-order valence-corrected chi connectivity index (χ0v) is 11.9. The second kappa shape index (κ2) is 5.78. The fraction of sp³-hybridized carbons (Fsp3) is 0.417. The van der Waals surface area contributed by atoms with Gasteiger partial charge in [0, 0.05) is 18.7 Å². The largest absolute Gasteiger partial charge is 0.495 e.